The molecule has 128 valence electrons. The molecule has 2 heterocycles. The van der Waals surface area contributed by atoms with Gasteiger partial charge in [-0.1, -0.05) is 32.1 Å². The van der Waals surface area contributed by atoms with Gasteiger partial charge in [-0.2, -0.15) is 0 Å². The molecule has 2 aliphatic heterocycles. The monoisotopic (exact) mass is 328 g/mol. The summed E-state index contributed by atoms with van der Waals surface area (Å²) in [6.07, 6.45) is 7.73. The van der Waals surface area contributed by atoms with E-state index in [1.165, 1.54) is 5.56 Å². The predicted octanol–water partition coefficient (Wildman–Crippen LogP) is 3.57. The van der Waals surface area contributed by atoms with E-state index >= 15 is 0 Å². The van der Waals surface area contributed by atoms with Gasteiger partial charge in [0.15, 0.2) is 0 Å². The van der Waals surface area contributed by atoms with E-state index < -0.39 is 0 Å². The molecule has 24 heavy (non-hydrogen) atoms. The minimum Gasteiger partial charge on any atom is -0.491 e. The molecule has 0 saturated carbocycles. The first-order chi connectivity index (χ1) is 11.6. The van der Waals surface area contributed by atoms with E-state index in [0.29, 0.717) is 19.1 Å². The van der Waals surface area contributed by atoms with Crippen molar-refractivity contribution >= 4 is 0 Å². The average Bonchev–Trinajstić information content (AvgIpc) is 3.49. The zero-order valence-corrected chi connectivity index (χ0v) is 14.2. The lowest BCUT2D eigenvalue weighted by Crippen LogP contribution is -2.28. The van der Waals surface area contributed by atoms with E-state index in [2.05, 4.69) is 56.3 Å². The van der Waals surface area contributed by atoms with Crippen LogP contribution in [0.3, 0.4) is 0 Å². The summed E-state index contributed by atoms with van der Waals surface area (Å²) in [6, 6.07) is 8.46. The summed E-state index contributed by atoms with van der Waals surface area (Å²) >= 11 is 0. The van der Waals surface area contributed by atoms with Crippen LogP contribution in [0.2, 0.25) is 0 Å². The van der Waals surface area contributed by atoms with E-state index in [-0.39, 0.29) is 17.8 Å². The predicted molar refractivity (Wildman–Crippen MR) is 90.9 cm³/mol. The molecule has 4 heteroatoms. The quantitative estimate of drug-likeness (QED) is 0.718. The molecule has 1 aliphatic carbocycles. The number of benzene rings is 1. The SMILES string of the molecule is CC(C)(c1ccc(OCC2CO2)cc1)C1C=CC(OC2CO2)=CC1. The standard InChI is InChI=1S/C20H24O4/c1-20(2,15-5-9-17(10-6-15)24-19-13-23-19)14-3-7-16(8-4-14)21-11-18-12-22-18/h3-5,7-10,15,18-19H,6,11-13H2,1-2H3. The molecule has 0 N–H and O–H groups in total. The molecule has 3 atom stereocenters. The van der Waals surface area contributed by atoms with Crippen LogP contribution >= 0.6 is 0 Å². The summed E-state index contributed by atoms with van der Waals surface area (Å²) in [5, 5.41) is 0. The smallest absolute Gasteiger partial charge is 0.223 e. The number of rotatable bonds is 7. The van der Waals surface area contributed by atoms with Crippen LogP contribution in [0.25, 0.3) is 0 Å². The number of hydrogen-bond acceptors (Lipinski definition) is 4. The van der Waals surface area contributed by atoms with Gasteiger partial charge >= 0.3 is 0 Å². The van der Waals surface area contributed by atoms with Crippen LogP contribution in [0, 0.1) is 5.92 Å². The Bertz CT molecular complexity index is 636. The summed E-state index contributed by atoms with van der Waals surface area (Å²) in [4.78, 5) is 0. The van der Waals surface area contributed by atoms with E-state index in [1.54, 1.807) is 0 Å². The fourth-order valence-electron chi connectivity index (χ4n) is 3.03. The maximum absolute atomic E-state index is 5.72. The highest BCUT2D eigenvalue weighted by Gasteiger charge is 2.32. The van der Waals surface area contributed by atoms with Crippen LogP contribution < -0.4 is 4.74 Å². The normalized spacial score (nSPS) is 28.2. The highest BCUT2D eigenvalue weighted by Crippen LogP contribution is 2.38. The van der Waals surface area contributed by atoms with E-state index in [1.807, 2.05) is 0 Å². The zero-order chi connectivity index (χ0) is 16.6. The molecule has 3 aliphatic rings. The summed E-state index contributed by atoms with van der Waals surface area (Å²) in [5.74, 6) is 2.27. The molecule has 4 nitrogen and oxygen atoms in total. The van der Waals surface area contributed by atoms with Crippen molar-refractivity contribution in [2.45, 2.75) is 38.1 Å². The fraction of sp³-hybridized carbons (Fsp3) is 0.500. The first-order valence-electron chi connectivity index (χ1n) is 8.63. The van der Waals surface area contributed by atoms with Crippen molar-refractivity contribution in [2.24, 2.45) is 5.92 Å². The zero-order valence-electron chi connectivity index (χ0n) is 14.2. The number of hydrogen-bond donors (Lipinski definition) is 0. The maximum Gasteiger partial charge on any atom is 0.223 e. The maximum atomic E-state index is 5.72. The van der Waals surface area contributed by atoms with Gasteiger partial charge in [0.25, 0.3) is 0 Å². The van der Waals surface area contributed by atoms with Crippen molar-refractivity contribution in [1.29, 1.82) is 0 Å². The van der Waals surface area contributed by atoms with Gasteiger partial charge in [0.05, 0.1) is 6.61 Å². The van der Waals surface area contributed by atoms with Crippen molar-refractivity contribution in [2.75, 3.05) is 19.8 Å². The van der Waals surface area contributed by atoms with Gasteiger partial charge in [-0.15, -0.1) is 0 Å². The van der Waals surface area contributed by atoms with Crippen LogP contribution in [0.1, 0.15) is 25.8 Å². The first kappa shape index (κ1) is 15.7. The molecule has 0 amide bonds. The molecule has 0 radical (unpaired) electrons. The Balaban J connectivity index is 1.38. The molecule has 1 aromatic rings. The Morgan fingerprint density at radius 2 is 1.88 bits per heavy atom. The van der Waals surface area contributed by atoms with E-state index in [0.717, 1.165) is 24.5 Å². The topological polar surface area (TPSA) is 43.5 Å². The molecule has 0 bridgehead atoms. The van der Waals surface area contributed by atoms with Crippen molar-refractivity contribution in [1.82, 2.24) is 0 Å². The average molecular weight is 328 g/mol. The van der Waals surface area contributed by atoms with Gasteiger partial charge in [-0.25, -0.2) is 0 Å². The Labute approximate surface area is 143 Å². The lowest BCUT2D eigenvalue weighted by molar-refractivity contribution is 0.112. The Kier molecular flexibility index (Phi) is 4.10. The Morgan fingerprint density at radius 3 is 2.46 bits per heavy atom. The summed E-state index contributed by atoms with van der Waals surface area (Å²) in [6.45, 7) is 6.76. The van der Waals surface area contributed by atoms with Gasteiger partial charge in [0.2, 0.25) is 6.29 Å². The minimum atomic E-state index is -0.0287. The number of ether oxygens (including phenoxy) is 4. The second-order valence-electron chi connectivity index (χ2n) is 7.20. The highest BCUT2D eigenvalue weighted by molar-refractivity contribution is 5.34. The minimum absolute atomic E-state index is 0.0287. The van der Waals surface area contributed by atoms with Crippen LogP contribution in [0.15, 0.2) is 48.3 Å². The van der Waals surface area contributed by atoms with Gasteiger partial charge in [-0.05, 0) is 47.6 Å². The first-order valence-corrected chi connectivity index (χ1v) is 8.63. The Hall–Kier alpha value is -1.78. The van der Waals surface area contributed by atoms with Crippen LogP contribution in [-0.2, 0) is 19.6 Å². The summed E-state index contributed by atoms with van der Waals surface area (Å²) in [5.41, 5.74) is 1.36. The number of epoxide rings is 2. The molecule has 0 spiro atoms. The van der Waals surface area contributed by atoms with Crippen LogP contribution in [-0.4, -0.2) is 32.2 Å². The van der Waals surface area contributed by atoms with Crippen molar-refractivity contribution in [3.63, 3.8) is 0 Å². The molecule has 2 fully saturated rings. The third-order valence-corrected chi connectivity index (χ3v) is 5.00. The molecule has 2 saturated heterocycles. The second kappa shape index (κ2) is 6.26. The molecular formula is C20H24O4. The van der Waals surface area contributed by atoms with Crippen LogP contribution in [0.4, 0.5) is 0 Å². The second-order valence-corrected chi connectivity index (χ2v) is 7.20. The van der Waals surface area contributed by atoms with Crippen molar-refractivity contribution in [3.8, 4) is 5.75 Å². The van der Waals surface area contributed by atoms with E-state index in [4.69, 9.17) is 18.9 Å². The third-order valence-electron chi connectivity index (χ3n) is 5.00. The summed E-state index contributed by atoms with van der Waals surface area (Å²) in [7, 11) is 0. The summed E-state index contributed by atoms with van der Waals surface area (Å²) < 4.78 is 21.7. The van der Waals surface area contributed by atoms with Crippen molar-refractivity contribution < 1.29 is 18.9 Å². The van der Waals surface area contributed by atoms with E-state index in [9.17, 15) is 0 Å². The van der Waals surface area contributed by atoms with Crippen molar-refractivity contribution in [3.05, 3.63) is 53.8 Å². The van der Waals surface area contributed by atoms with Gasteiger partial charge in [0, 0.05) is 0 Å². The van der Waals surface area contributed by atoms with Gasteiger partial charge in [-0.3, -0.25) is 0 Å². The molecule has 4 rings (SSSR count). The lowest BCUT2D eigenvalue weighted by atomic mass is 9.71. The van der Waals surface area contributed by atoms with Gasteiger partial charge in [0.1, 0.15) is 30.8 Å². The molecule has 1 aromatic carbocycles. The largest absolute Gasteiger partial charge is 0.491 e. The third kappa shape index (κ3) is 3.65. The number of allylic oxidation sites excluding steroid dienone is 3. The molecule has 3 unspecified atom stereocenters. The molecular weight excluding hydrogens is 304 g/mol. The van der Waals surface area contributed by atoms with Crippen LogP contribution in [0.5, 0.6) is 5.75 Å². The Morgan fingerprint density at radius 1 is 1.12 bits per heavy atom. The van der Waals surface area contributed by atoms with Gasteiger partial charge < -0.3 is 18.9 Å². The molecule has 0 aromatic heterocycles. The fourth-order valence-corrected chi connectivity index (χ4v) is 3.03. The lowest BCUT2D eigenvalue weighted by Gasteiger charge is -2.34. The highest BCUT2D eigenvalue weighted by atomic mass is 16.8.